The van der Waals surface area contributed by atoms with Crippen molar-refractivity contribution >= 4 is 35.6 Å². The van der Waals surface area contributed by atoms with Crippen molar-refractivity contribution in [2.45, 2.75) is 25.2 Å². The van der Waals surface area contributed by atoms with Crippen LogP contribution in [0.2, 0.25) is 0 Å². The minimum atomic E-state index is -1.33. The van der Waals surface area contributed by atoms with Crippen LogP contribution in [0.4, 0.5) is 9.18 Å². The number of carboxylic acid groups (broad SMARTS) is 1. The monoisotopic (exact) mass is 479 g/mol. The van der Waals surface area contributed by atoms with Gasteiger partial charge in [-0.15, -0.1) is 23.7 Å². The van der Waals surface area contributed by atoms with E-state index in [4.69, 9.17) is 14.6 Å². The molecule has 1 aliphatic rings. The number of nitrogens with two attached hydrogens (primary N) is 1. The highest BCUT2D eigenvalue weighted by Gasteiger charge is 2.28. The van der Waals surface area contributed by atoms with Gasteiger partial charge < -0.3 is 20.9 Å². The van der Waals surface area contributed by atoms with Crippen molar-refractivity contribution in [3.05, 3.63) is 87.6 Å². The number of aromatic nitrogens is 1. The van der Waals surface area contributed by atoms with Gasteiger partial charge in [0.05, 0.1) is 18.8 Å². The van der Waals surface area contributed by atoms with Gasteiger partial charge >= 0.3 is 6.09 Å². The van der Waals surface area contributed by atoms with E-state index in [1.807, 2.05) is 30.3 Å². The fraction of sp³-hybridized carbons (Fsp3) is 0.227. The summed E-state index contributed by atoms with van der Waals surface area (Å²) in [6.45, 7) is 1.35. The Morgan fingerprint density at radius 1 is 1.19 bits per heavy atom. The van der Waals surface area contributed by atoms with Gasteiger partial charge in [0.15, 0.2) is 0 Å². The molecule has 0 aliphatic carbocycles. The van der Waals surface area contributed by atoms with Gasteiger partial charge in [0.2, 0.25) is 5.78 Å². The smallest absolute Gasteiger partial charge is 0.402 e. The first-order valence-electron chi connectivity index (χ1n) is 9.55. The van der Waals surface area contributed by atoms with Gasteiger partial charge in [-0.05, 0) is 36.2 Å². The number of amides is 1. The molecule has 3 aromatic rings. The number of nitrogens with zero attached hydrogens (tertiary/aromatic N) is 1. The highest BCUT2D eigenvalue weighted by Crippen LogP contribution is 2.28. The molecule has 2 atom stereocenters. The van der Waals surface area contributed by atoms with Crippen LogP contribution >= 0.6 is 23.7 Å². The summed E-state index contributed by atoms with van der Waals surface area (Å²) < 4.78 is 19.0. The number of benzene rings is 2. The van der Waals surface area contributed by atoms with E-state index in [9.17, 15) is 9.18 Å². The maximum Gasteiger partial charge on any atom is 0.402 e. The predicted octanol–water partition coefficient (Wildman–Crippen LogP) is 4.18. The zero-order valence-corrected chi connectivity index (χ0v) is 18.6. The molecule has 4 N–H and O–H groups in total. The van der Waals surface area contributed by atoms with Crippen molar-refractivity contribution in [2.75, 3.05) is 6.54 Å². The van der Waals surface area contributed by atoms with Crippen molar-refractivity contribution in [1.29, 1.82) is 0 Å². The third-order valence-corrected chi connectivity index (χ3v) is 5.54. The zero-order valence-electron chi connectivity index (χ0n) is 16.9. The molecule has 0 radical (unpaired) electrons. The average molecular weight is 480 g/mol. The van der Waals surface area contributed by atoms with Crippen LogP contribution in [0.15, 0.2) is 60.0 Å². The second-order valence-corrected chi connectivity index (χ2v) is 7.75. The fourth-order valence-electron chi connectivity index (χ4n) is 3.11. The SMILES string of the molecule is Cl.NC(=O)O.O=C(c1ccc(F)cc1)c1csc([C@@H]2C[C@@H](OCc3ccccc3)CN2)n1. The number of hydrogen-bond donors (Lipinski definition) is 3. The van der Waals surface area contributed by atoms with E-state index in [1.165, 1.54) is 35.6 Å². The minimum absolute atomic E-state index is 0. The van der Waals surface area contributed by atoms with Crippen molar-refractivity contribution < 1.29 is 23.8 Å². The molecule has 32 heavy (non-hydrogen) atoms. The summed E-state index contributed by atoms with van der Waals surface area (Å²) in [6, 6.07) is 15.7. The molecular weight excluding hydrogens is 457 g/mol. The zero-order chi connectivity index (χ0) is 22.2. The van der Waals surface area contributed by atoms with Crippen LogP contribution in [0.1, 0.15) is 39.1 Å². The summed E-state index contributed by atoms with van der Waals surface area (Å²) in [5.41, 5.74) is 6.02. The number of hydrogen-bond acceptors (Lipinski definition) is 6. The molecule has 0 bridgehead atoms. The Kier molecular flexibility index (Phi) is 9.73. The Balaban J connectivity index is 0.000000672. The maximum absolute atomic E-state index is 13.0. The number of nitrogens with one attached hydrogen (secondary N) is 1. The molecule has 7 nitrogen and oxygen atoms in total. The van der Waals surface area contributed by atoms with Crippen LogP contribution in [0.25, 0.3) is 0 Å². The number of ketones is 1. The molecule has 0 spiro atoms. The molecule has 0 unspecified atom stereocenters. The predicted molar refractivity (Wildman–Crippen MR) is 122 cm³/mol. The lowest BCUT2D eigenvalue weighted by Crippen LogP contribution is -2.17. The summed E-state index contributed by atoms with van der Waals surface area (Å²) >= 11 is 1.47. The summed E-state index contributed by atoms with van der Waals surface area (Å²) in [5.74, 6) is -0.547. The molecule has 4 rings (SSSR count). The van der Waals surface area contributed by atoms with Crippen LogP contribution in [0, 0.1) is 5.82 Å². The molecule has 2 aromatic carbocycles. The van der Waals surface area contributed by atoms with E-state index in [-0.39, 0.29) is 36.2 Å². The maximum atomic E-state index is 13.0. The Bertz CT molecular complexity index is 1010. The van der Waals surface area contributed by atoms with Crippen LogP contribution in [0.5, 0.6) is 0 Å². The number of carbonyl (C=O) groups excluding carboxylic acids is 1. The van der Waals surface area contributed by atoms with Crippen LogP contribution in [-0.4, -0.2) is 34.6 Å². The first-order chi connectivity index (χ1) is 14.9. The van der Waals surface area contributed by atoms with Gasteiger partial charge in [0.25, 0.3) is 0 Å². The Hall–Kier alpha value is -2.85. The van der Waals surface area contributed by atoms with Crippen LogP contribution in [0.3, 0.4) is 0 Å². The number of thiazole rings is 1. The normalized spacial score (nSPS) is 17.0. The van der Waals surface area contributed by atoms with Crippen LogP contribution in [-0.2, 0) is 11.3 Å². The third kappa shape index (κ3) is 7.38. The quantitative estimate of drug-likeness (QED) is 0.457. The van der Waals surface area contributed by atoms with Gasteiger partial charge in [-0.1, -0.05) is 30.3 Å². The fourth-order valence-corrected chi connectivity index (χ4v) is 3.99. The highest BCUT2D eigenvalue weighted by molar-refractivity contribution is 7.10. The first kappa shape index (κ1) is 25.4. The van der Waals surface area contributed by atoms with Gasteiger partial charge in [-0.2, -0.15) is 0 Å². The summed E-state index contributed by atoms with van der Waals surface area (Å²) in [6.07, 6.45) is -0.389. The van der Waals surface area contributed by atoms with Crippen LogP contribution < -0.4 is 11.1 Å². The molecule has 1 saturated heterocycles. The van der Waals surface area contributed by atoms with Gasteiger partial charge in [0, 0.05) is 17.5 Å². The molecule has 2 heterocycles. The Morgan fingerprint density at radius 3 is 2.50 bits per heavy atom. The van der Waals surface area contributed by atoms with E-state index in [0.29, 0.717) is 17.9 Å². The number of halogens is 2. The molecule has 170 valence electrons. The van der Waals surface area contributed by atoms with Crippen molar-refractivity contribution in [1.82, 2.24) is 10.3 Å². The van der Waals surface area contributed by atoms with E-state index in [0.717, 1.165) is 23.5 Å². The van der Waals surface area contributed by atoms with Crippen molar-refractivity contribution in [2.24, 2.45) is 5.73 Å². The van der Waals surface area contributed by atoms with E-state index in [1.54, 1.807) is 5.38 Å². The standard InChI is InChI=1S/C21H19FN2O2S.CH3NO2.ClH/c22-16-8-6-15(7-9-16)20(25)19-13-27-21(24-19)18-10-17(11-23-18)26-12-14-4-2-1-3-5-14;2-1(3)4;/h1-9,13,17-18,23H,10-12H2;2H2,(H,3,4);1H/t17-,18+;;/m1../s1. The Morgan fingerprint density at radius 2 is 1.84 bits per heavy atom. The molecule has 10 heteroatoms. The lowest BCUT2D eigenvalue weighted by atomic mass is 10.1. The number of ether oxygens (including phenoxy) is 1. The molecular formula is C22H23ClFN3O4S. The van der Waals surface area contributed by atoms with Crippen molar-refractivity contribution in [3.63, 3.8) is 0 Å². The molecule has 1 aliphatic heterocycles. The average Bonchev–Trinajstić information content (AvgIpc) is 3.42. The number of rotatable bonds is 6. The second kappa shape index (κ2) is 12.3. The molecule has 1 fully saturated rings. The number of carbonyl (C=O) groups is 2. The highest BCUT2D eigenvalue weighted by atomic mass is 35.5. The largest absolute Gasteiger partial charge is 0.465 e. The molecule has 0 saturated carbocycles. The second-order valence-electron chi connectivity index (χ2n) is 6.86. The Labute approximate surface area is 194 Å². The summed E-state index contributed by atoms with van der Waals surface area (Å²) in [7, 11) is 0. The van der Waals surface area contributed by atoms with Gasteiger partial charge in [-0.25, -0.2) is 14.2 Å². The third-order valence-electron chi connectivity index (χ3n) is 4.58. The van der Waals surface area contributed by atoms with Gasteiger partial charge in [0.1, 0.15) is 16.5 Å². The summed E-state index contributed by atoms with van der Waals surface area (Å²) in [5, 5.41) is 13.3. The minimum Gasteiger partial charge on any atom is -0.465 e. The lowest BCUT2D eigenvalue weighted by molar-refractivity contribution is 0.0525. The van der Waals surface area contributed by atoms with Crippen molar-refractivity contribution in [3.8, 4) is 0 Å². The molecule has 1 aromatic heterocycles. The molecule has 1 amide bonds. The van der Waals surface area contributed by atoms with E-state index >= 15 is 0 Å². The number of primary amides is 1. The summed E-state index contributed by atoms with van der Waals surface area (Å²) in [4.78, 5) is 25.8. The lowest BCUT2D eigenvalue weighted by Gasteiger charge is -2.10. The van der Waals surface area contributed by atoms with Gasteiger partial charge in [-0.3, -0.25) is 4.79 Å². The van der Waals surface area contributed by atoms with E-state index < -0.39 is 6.09 Å². The van der Waals surface area contributed by atoms with E-state index in [2.05, 4.69) is 16.0 Å². The first-order valence-corrected chi connectivity index (χ1v) is 10.4. The topological polar surface area (TPSA) is 115 Å².